The van der Waals surface area contributed by atoms with Gasteiger partial charge in [-0.15, -0.1) is 10.2 Å². The molecule has 0 atom stereocenters. The maximum absolute atomic E-state index is 13.4. The van der Waals surface area contributed by atoms with E-state index in [1.807, 2.05) is 6.92 Å². The van der Waals surface area contributed by atoms with Crippen LogP contribution in [0.1, 0.15) is 12.6 Å². The molecule has 0 saturated carbocycles. The van der Waals surface area contributed by atoms with Gasteiger partial charge in [-0.05, 0) is 48.4 Å². The second-order valence-electron chi connectivity index (χ2n) is 7.16. The lowest BCUT2D eigenvalue weighted by atomic mass is 10.0. The zero-order chi connectivity index (χ0) is 22.4. The molecule has 0 aliphatic heterocycles. The Balaban J connectivity index is 1.77. The Morgan fingerprint density at radius 3 is 2.59 bits per heavy atom. The number of rotatable bonds is 4. The smallest absolute Gasteiger partial charge is 0.285 e. The standard InChI is InChI=1S/C23H17ClFN5O2/c1-3-16-20(13-4-7-15(25)8-5-13)22-27-26-21-17(30(22)28-16)10-11-29(23(21)31)18-12-14(24)6-9-19(18)32-2/h4-12H,3H2,1-2H3. The van der Waals surface area contributed by atoms with Gasteiger partial charge in [0.2, 0.25) is 0 Å². The van der Waals surface area contributed by atoms with Crippen molar-refractivity contribution in [3.8, 4) is 22.6 Å². The number of nitrogens with zero attached hydrogens (tertiary/aromatic N) is 5. The molecule has 2 aromatic carbocycles. The molecule has 0 spiro atoms. The van der Waals surface area contributed by atoms with Crippen molar-refractivity contribution in [3.05, 3.63) is 81.6 Å². The number of ether oxygens (including phenoxy) is 1. The highest BCUT2D eigenvalue weighted by molar-refractivity contribution is 6.30. The molecule has 160 valence electrons. The van der Waals surface area contributed by atoms with Gasteiger partial charge < -0.3 is 4.74 Å². The monoisotopic (exact) mass is 449 g/mol. The number of fused-ring (bicyclic) bond motifs is 3. The quantitative estimate of drug-likeness (QED) is 0.405. The molecule has 0 saturated heterocycles. The van der Waals surface area contributed by atoms with Crippen LogP contribution in [0.2, 0.25) is 5.02 Å². The first-order valence-electron chi connectivity index (χ1n) is 9.91. The van der Waals surface area contributed by atoms with Crippen LogP contribution in [0.4, 0.5) is 4.39 Å². The van der Waals surface area contributed by atoms with Gasteiger partial charge in [-0.1, -0.05) is 30.7 Å². The lowest BCUT2D eigenvalue weighted by Gasteiger charge is -2.12. The summed E-state index contributed by atoms with van der Waals surface area (Å²) >= 11 is 6.14. The van der Waals surface area contributed by atoms with Crippen molar-refractivity contribution < 1.29 is 9.13 Å². The van der Waals surface area contributed by atoms with Gasteiger partial charge in [0.1, 0.15) is 17.1 Å². The Bertz CT molecular complexity index is 1540. The van der Waals surface area contributed by atoms with Crippen LogP contribution in [0.5, 0.6) is 5.75 Å². The van der Waals surface area contributed by atoms with Crippen LogP contribution in [0.3, 0.4) is 0 Å². The Morgan fingerprint density at radius 2 is 1.88 bits per heavy atom. The van der Waals surface area contributed by atoms with Gasteiger partial charge >= 0.3 is 0 Å². The molecule has 0 fully saturated rings. The molecule has 5 rings (SSSR count). The fraction of sp³-hybridized carbons (Fsp3) is 0.130. The summed E-state index contributed by atoms with van der Waals surface area (Å²) in [6.45, 7) is 1.98. The number of benzene rings is 2. The highest BCUT2D eigenvalue weighted by atomic mass is 35.5. The Kier molecular flexibility index (Phi) is 4.86. The van der Waals surface area contributed by atoms with Crippen LogP contribution in [0, 0.1) is 5.82 Å². The van der Waals surface area contributed by atoms with E-state index >= 15 is 0 Å². The Labute approximate surface area is 186 Å². The Hall–Kier alpha value is -3.78. The van der Waals surface area contributed by atoms with Gasteiger partial charge in [-0.3, -0.25) is 9.36 Å². The fourth-order valence-corrected chi connectivity index (χ4v) is 3.96. The second-order valence-corrected chi connectivity index (χ2v) is 7.59. The topological polar surface area (TPSA) is 74.3 Å². The van der Waals surface area contributed by atoms with Gasteiger partial charge in [-0.25, -0.2) is 8.91 Å². The van der Waals surface area contributed by atoms with Gasteiger partial charge in [0.25, 0.3) is 5.56 Å². The SMILES string of the molecule is CCc1nn2c(nnc3c(=O)n(-c4cc(Cl)ccc4OC)ccc32)c1-c1ccc(F)cc1. The summed E-state index contributed by atoms with van der Waals surface area (Å²) in [7, 11) is 1.52. The molecule has 3 aromatic heterocycles. The van der Waals surface area contributed by atoms with Crippen LogP contribution in [-0.2, 0) is 6.42 Å². The van der Waals surface area contributed by atoms with Gasteiger partial charge in [0, 0.05) is 11.2 Å². The minimum Gasteiger partial charge on any atom is -0.495 e. The molecular weight excluding hydrogens is 433 g/mol. The number of methoxy groups -OCH3 is 1. The maximum atomic E-state index is 13.4. The predicted octanol–water partition coefficient (Wildman–Crippen LogP) is 4.46. The third-order valence-corrected chi connectivity index (χ3v) is 5.56. The third-order valence-electron chi connectivity index (χ3n) is 5.32. The molecule has 0 aliphatic carbocycles. The van der Waals surface area contributed by atoms with Crippen molar-refractivity contribution in [2.45, 2.75) is 13.3 Å². The van der Waals surface area contributed by atoms with Crippen molar-refractivity contribution in [1.82, 2.24) is 24.4 Å². The lowest BCUT2D eigenvalue weighted by molar-refractivity contribution is 0.412. The highest BCUT2D eigenvalue weighted by Gasteiger charge is 2.19. The van der Waals surface area contributed by atoms with Crippen molar-refractivity contribution >= 4 is 28.3 Å². The first kappa shape index (κ1) is 20.1. The zero-order valence-corrected chi connectivity index (χ0v) is 18.0. The van der Waals surface area contributed by atoms with Crippen molar-refractivity contribution in [2.75, 3.05) is 7.11 Å². The Morgan fingerprint density at radius 1 is 1.09 bits per heavy atom. The summed E-state index contributed by atoms with van der Waals surface area (Å²) in [4.78, 5) is 13.3. The molecule has 0 bridgehead atoms. The number of hydrogen-bond donors (Lipinski definition) is 0. The fourth-order valence-electron chi connectivity index (χ4n) is 3.79. The van der Waals surface area contributed by atoms with Crippen LogP contribution in [-0.4, -0.2) is 31.5 Å². The first-order valence-corrected chi connectivity index (χ1v) is 10.3. The van der Waals surface area contributed by atoms with E-state index < -0.39 is 0 Å². The molecule has 0 aliphatic rings. The summed E-state index contributed by atoms with van der Waals surface area (Å²) in [6, 6.07) is 12.9. The summed E-state index contributed by atoms with van der Waals surface area (Å²) in [5.41, 5.74) is 3.60. The summed E-state index contributed by atoms with van der Waals surface area (Å²) in [5.74, 6) is 0.174. The van der Waals surface area contributed by atoms with Crippen molar-refractivity contribution in [3.63, 3.8) is 0 Å². The second kappa shape index (κ2) is 7.72. The number of aromatic nitrogens is 5. The largest absolute Gasteiger partial charge is 0.495 e. The van der Waals surface area contributed by atoms with Crippen molar-refractivity contribution in [2.24, 2.45) is 0 Å². The number of pyridine rings is 1. The zero-order valence-electron chi connectivity index (χ0n) is 17.2. The van der Waals surface area contributed by atoms with Crippen LogP contribution >= 0.6 is 11.6 Å². The van der Waals surface area contributed by atoms with E-state index in [1.54, 1.807) is 47.1 Å². The predicted molar refractivity (Wildman–Crippen MR) is 120 cm³/mol. The minimum atomic E-state index is -0.380. The normalized spacial score (nSPS) is 11.4. The molecule has 0 amide bonds. The van der Waals surface area contributed by atoms with E-state index in [9.17, 15) is 9.18 Å². The van der Waals surface area contributed by atoms with E-state index in [2.05, 4.69) is 15.3 Å². The van der Waals surface area contributed by atoms with Crippen LogP contribution in [0.15, 0.2) is 59.5 Å². The molecule has 5 aromatic rings. The van der Waals surface area contributed by atoms with Crippen LogP contribution < -0.4 is 10.3 Å². The average molecular weight is 450 g/mol. The van der Waals surface area contributed by atoms with Crippen LogP contribution in [0.25, 0.3) is 33.5 Å². The van der Waals surface area contributed by atoms with Gasteiger partial charge in [0.05, 0.1) is 24.1 Å². The molecule has 7 nitrogen and oxygen atoms in total. The summed E-state index contributed by atoms with van der Waals surface area (Å²) in [6.07, 6.45) is 2.26. The van der Waals surface area contributed by atoms with Gasteiger partial charge in [-0.2, -0.15) is 5.10 Å². The number of aryl methyl sites for hydroxylation is 1. The molecule has 32 heavy (non-hydrogen) atoms. The first-order chi connectivity index (χ1) is 15.5. The number of halogens is 2. The molecule has 3 heterocycles. The minimum absolute atomic E-state index is 0.151. The summed E-state index contributed by atoms with van der Waals surface area (Å²) < 4.78 is 21.8. The van der Waals surface area contributed by atoms with E-state index in [1.165, 1.54) is 23.8 Å². The summed E-state index contributed by atoms with van der Waals surface area (Å²) in [5, 5.41) is 13.7. The van der Waals surface area contributed by atoms with Gasteiger partial charge in [0.15, 0.2) is 11.2 Å². The molecular formula is C23H17ClFN5O2. The van der Waals surface area contributed by atoms with E-state index in [0.29, 0.717) is 34.0 Å². The number of hydrogen-bond acceptors (Lipinski definition) is 5. The molecule has 0 N–H and O–H groups in total. The van der Waals surface area contributed by atoms with E-state index in [0.717, 1.165) is 16.8 Å². The van der Waals surface area contributed by atoms with E-state index in [-0.39, 0.29) is 16.9 Å². The molecule has 9 heteroatoms. The van der Waals surface area contributed by atoms with E-state index in [4.69, 9.17) is 16.3 Å². The average Bonchev–Trinajstić information content (AvgIpc) is 3.19. The lowest BCUT2D eigenvalue weighted by Crippen LogP contribution is -2.20. The third kappa shape index (κ3) is 3.11. The molecule has 0 unspecified atom stereocenters. The maximum Gasteiger partial charge on any atom is 0.285 e. The highest BCUT2D eigenvalue weighted by Crippen LogP contribution is 2.30. The molecule has 0 radical (unpaired) electrons. The van der Waals surface area contributed by atoms with Crippen molar-refractivity contribution in [1.29, 1.82) is 0 Å².